The number of ether oxygens (including phenoxy) is 1. The number of aryl methyl sites for hydroxylation is 1. The van der Waals surface area contributed by atoms with Crippen LogP contribution >= 0.6 is 0 Å². The van der Waals surface area contributed by atoms with Crippen molar-refractivity contribution in [2.24, 2.45) is 0 Å². The third-order valence-electron chi connectivity index (χ3n) is 4.38. The first-order valence-electron chi connectivity index (χ1n) is 9.90. The Balaban J connectivity index is 1.68. The van der Waals surface area contributed by atoms with E-state index >= 15 is 0 Å². The molecule has 2 heterocycles. The topological polar surface area (TPSA) is 82.1 Å². The van der Waals surface area contributed by atoms with E-state index in [0.29, 0.717) is 30.4 Å². The normalized spacial score (nSPS) is 11.5. The largest absolute Gasteiger partial charge is 0.494 e. The van der Waals surface area contributed by atoms with Crippen LogP contribution in [0.4, 0.5) is 0 Å². The van der Waals surface area contributed by atoms with E-state index < -0.39 is 0 Å². The first kappa shape index (κ1) is 21.4. The predicted octanol–water partition coefficient (Wildman–Crippen LogP) is 3.60. The van der Waals surface area contributed by atoms with Gasteiger partial charge < -0.3 is 14.2 Å². The van der Waals surface area contributed by atoms with Crippen molar-refractivity contribution in [2.45, 2.75) is 26.8 Å². The van der Waals surface area contributed by atoms with Crippen LogP contribution in [-0.4, -0.2) is 57.1 Å². The van der Waals surface area contributed by atoms with Crippen molar-refractivity contribution in [3.63, 3.8) is 0 Å². The highest BCUT2D eigenvalue weighted by Crippen LogP contribution is 2.19. The Labute approximate surface area is 176 Å². The van der Waals surface area contributed by atoms with Crippen molar-refractivity contribution in [1.29, 1.82) is 0 Å². The van der Waals surface area contributed by atoms with Gasteiger partial charge in [-0.3, -0.25) is 0 Å². The summed E-state index contributed by atoms with van der Waals surface area (Å²) in [6.45, 7) is 9.97. The summed E-state index contributed by atoms with van der Waals surface area (Å²) in [7, 11) is 4.12. The van der Waals surface area contributed by atoms with Crippen molar-refractivity contribution in [1.82, 2.24) is 29.8 Å². The third kappa shape index (κ3) is 5.64. The summed E-state index contributed by atoms with van der Waals surface area (Å²) in [6, 6.07) is 8.03. The maximum atomic E-state index is 5.87. The Morgan fingerprint density at radius 1 is 1.30 bits per heavy atom. The summed E-state index contributed by atoms with van der Waals surface area (Å²) in [5.41, 5.74) is 1.75. The summed E-state index contributed by atoms with van der Waals surface area (Å²) < 4.78 is 13.0. The summed E-state index contributed by atoms with van der Waals surface area (Å²) in [5.74, 6) is 2.71. The fourth-order valence-corrected chi connectivity index (χ4v) is 2.86. The fraction of sp³-hybridized carbons (Fsp3) is 0.364. The van der Waals surface area contributed by atoms with Crippen LogP contribution in [-0.2, 0) is 6.54 Å². The van der Waals surface area contributed by atoms with Gasteiger partial charge in [0.2, 0.25) is 11.6 Å². The lowest BCUT2D eigenvalue weighted by molar-refractivity contribution is 0.281. The van der Waals surface area contributed by atoms with E-state index in [1.54, 1.807) is 0 Å². The molecule has 0 spiro atoms. The summed E-state index contributed by atoms with van der Waals surface area (Å²) in [5, 5.41) is 8.48. The minimum atomic E-state index is 0.274. The van der Waals surface area contributed by atoms with Crippen LogP contribution in [0.15, 0.2) is 47.5 Å². The molecule has 8 heteroatoms. The Hall–Kier alpha value is -3.26. The zero-order chi connectivity index (χ0) is 21.5. The van der Waals surface area contributed by atoms with Crippen LogP contribution in [0, 0.1) is 6.92 Å². The maximum Gasteiger partial charge on any atom is 0.297 e. The molecule has 3 aromatic rings. The molecule has 1 aromatic carbocycles. The molecule has 3 rings (SSSR count). The second kappa shape index (κ2) is 9.98. The SMILES string of the molecule is C=C(C=CC)c1noc(-c2nc(C)n(Cc3cccc(OCCCN(C)C)c3)n2)n1. The van der Waals surface area contributed by atoms with E-state index in [0.717, 1.165) is 30.1 Å². The highest BCUT2D eigenvalue weighted by molar-refractivity contribution is 5.67. The number of nitrogens with zero attached hydrogens (tertiary/aromatic N) is 6. The number of benzene rings is 1. The lowest BCUT2D eigenvalue weighted by Gasteiger charge is -2.11. The molecule has 0 saturated carbocycles. The van der Waals surface area contributed by atoms with Gasteiger partial charge in [0.1, 0.15) is 11.6 Å². The number of hydrogen-bond acceptors (Lipinski definition) is 7. The van der Waals surface area contributed by atoms with Crippen LogP contribution in [0.5, 0.6) is 5.75 Å². The standard InChI is InChI=1S/C22H28N6O2/c1-6-9-16(2)20-24-22(30-26-20)21-23-17(3)28(25-21)15-18-10-7-11-19(14-18)29-13-8-12-27(4)5/h6-7,9-11,14H,2,8,12-13,15H2,1,3-5H3. The fourth-order valence-electron chi connectivity index (χ4n) is 2.86. The molecule has 0 atom stereocenters. The summed E-state index contributed by atoms with van der Waals surface area (Å²) in [6.07, 6.45) is 4.67. The molecular weight excluding hydrogens is 380 g/mol. The number of rotatable bonds is 10. The Kier molecular flexibility index (Phi) is 7.13. The minimum Gasteiger partial charge on any atom is -0.494 e. The van der Waals surface area contributed by atoms with E-state index in [1.807, 2.05) is 54.9 Å². The molecule has 8 nitrogen and oxygen atoms in total. The molecule has 0 bridgehead atoms. The van der Waals surface area contributed by atoms with Crippen molar-refractivity contribution in [3.05, 3.63) is 60.2 Å². The quantitative estimate of drug-likeness (QED) is 0.374. The Bertz CT molecular complexity index is 1020. The number of aromatic nitrogens is 5. The van der Waals surface area contributed by atoms with Crippen LogP contribution < -0.4 is 4.74 Å². The van der Waals surface area contributed by atoms with Crippen molar-refractivity contribution >= 4 is 5.57 Å². The molecule has 0 fully saturated rings. The molecule has 30 heavy (non-hydrogen) atoms. The highest BCUT2D eigenvalue weighted by atomic mass is 16.5. The van der Waals surface area contributed by atoms with Gasteiger partial charge in [-0.1, -0.05) is 36.0 Å². The summed E-state index contributed by atoms with van der Waals surface area (Å²) >= 11 is 0. The van der Waals surface area contributed by atoms with Gasteiger partial charge >= 0.3 is 0 Å². The van der Waals surface area contributed by atoms with Gasteiger partial charge in [0.15, 0.2) is 0 Å². The van der Waals surface area contributed by atoms with Crippen LogP contribution in [0.3, 0.4) is 0 Å². The average Bonchev–Trinajstić information content (AvgIpc) is 3.33. The molecule has 0 aliphatic heterocycles. The smallest absolute Gasteiger partial charge is 0.297 e. The molecule has 0 aliphatic rings. The van der Waals surface area contributed by atoms with Gasteiger partial charge in [0.25, 0.3) is 5.89 Å². The Morgan fingerprint density at radius 3 is 2.90 bits per heavy atom. The zero-order valence-electron chi connectivity index (χ0n) is 18.0. The Morgan fingerprint density at radius 2 is 2.13 bits per heavy atom. The lowest BCUT2D eigenvalue weighted by Crippen LogP contribution is -2.15. The minimum absolute atomic E-state index is 0.274. The first-order chi connectivity index (χ1) is 14.5. The average molecular weight is 409 g/mol. The van der Waals surface area contributed by atoms with Gasteiger partial charge in [-0.05, 0) is 52.1 Å². The van der Waals surface area contributed by atoms with Gasteiger partial charge in [-0.2, -0.15) is 4.98 Å². The van der Waals surface area contributed by atoms with Crippen molar-refractivity contribution < 1.29 is 9.26 Å². The van der Waals surface area contributed by atoms with Crippen LogP contribution in [0.1, 0.15) is 30.6 Å². The molecule has 2 aromatic heterocycles. The van der Waals surface area contributed by atoms with Crippen molar-refractivity contribution in [2.75, 3.05) is 27.2 Å². The summed E-state index contributed by atoms with van der Waals surface area (Å²) in [4.78, 5) is 11.0. The van der Waals surface area contributed by atoms with E-state index in [2.05, 4.69) is 45.8 Å². The molecule has 0 N–H and O–H groups in total. The monoisotopic (exact) mass is 408 g/mol. The molecule has 0 unspecified atom stereocenters. The predicted molar refractivity (Wildman–Crippen MR) is 116 cm³/mol. The van der Waals surface area contributed by atoms with Gasteiger partial charge in [-0.25, -0.2) is 9.67 Å². The maximum absolute atomic E-state index is 5.87. The number of allylic oxidation sites excluding steroid dienone is 3. The third-order valence-corrected chi connectivity index (χ3v) is 4.38. The lowest BCUT2D eigenvalue weighted by atomic mass is 10.2. The van der Waals surface area contributed by atoms with Crippen LogP contribution in [0.2, 0.25) is 0 Å². The van der Waals surface area contributed by atoms with Gasteiger partial charge in [-0.15, -0.1) is 5.10 Å². The van der Waals surface area contributed by atoms with E-state index in [9.17, 15) is 0 Å². The van der Waals surface area contributed by atoms with E-state index in [1.165, 1.54) is 0 Å². The van der Waals surface area contributed by atoms with Gasteiger partial charge in [0.05, 0.1) is 13.2 Å². The van der Waals surface area contributed by atoms with E-state index in [-0.39, 0.29) is 5.89 Å². The van der Waals surface area contributed by atoms with Gasteiger partial charge in [0, 0.05) is 12.1 Å². The second-order valence-electron chi connectivity index (χ2n) is 7.24. The molecular formula is C22H28N6O2. The molecule has 158 valence electrons. The van der Waals surface area contributed by atoms with E-state index in [4.69, 9.17) is 9.26 Å². The second-order valence-corrected chi connectivity index (χ2v) is 7.24. The van der Waals surface area contributed by atoms with Crippen molar-refractivity contribution in [3.8, 4) is 17.5 Å². The number of hydrogen-bond donors (Lipinski definition) is 0. The molecule has 0 radical (unpaired) electrons. The highest BCUT2D eigenvalue weighted by Gasteiger charge is 2.16. The zero-order valence-corrected chi connectivity index (χ0v) is 18.0. The molecule has 0 saturated heterocycles. The van der Waals surface area contributed by atoms with Crippen LogP contribution in [0.25, 0.3) is 17.3 Å². The molecule has 0 aliphatic carbocycles. The molecule has 0 amide bonds. The first-order valence-corrected chi connectivity index (χ1v) is 9.90.